The topological polar surface area (TPSA) is 104 Å². The molecule has 2 rings (SSSR count). The third-order valence-electron chi connectivity index (χ3n) is 2.05. The molecule has 0 spiro atoms. The quantitative estimate of drug-likeness (QED) is 0.553. The number of rotatable bonds is 2. The van der Waals surface area contributed by atoms with Crippen LogP contribution in [0.3, 0.4) is 0 Å². The highest BCUT2D eigenvalue weighted by atomic mass is 16.2. The Morgan fingerprint density at radius 3 is 2.69 bits per heavy atom. The van der Waals surface area contributed by atoms with Gasteiger partial charge in [0.2, 0.25) is 0 Å². The Kier molecular flexibility index (Phi) is 2.47. The van der Waals surface area contributed by atoms with E-state index in [1.807, 2.05) is 0 Å². The Labute approximate surface area is 90.5 Å². The minimum Gasteiger partial charge on any atom is -0.397 e. The van der Waals surface area contributed by atoms with Crippen molar-refractivity contribution >= 4 is 17.3 Å². The van der Waals surface area contributed by atoms with E-state index in [2.05, 4.69) is 15.3 Å². The number of anilines is 2. The summed E-state index contributed by atoms with van der Waals surface area (Å²) in [5, 5.41) is 2.59. The molecule has 82 valence electrons. The van der Waals surface area contributed by atoms with Crippen LogP contribution in [0.15, 0.2) is 35.3 Å². The lowest BCUT2D eigenvalue weighted by Gasteiger charge is -2.05. The average Bonchev–Trinajstić information content (AvgIpc) is 2.68. The van der Waals surface area contributed by atoms with Crippen LogP contribution in [0.2, 0.25) is 0 Å². The molecule has 0 atom stereocenters. The lowest BCUT2D eigenvalue weighted by atomic mass is 10.2. The van der Waals surface area contributed by atoms with Crippen molar-refractivity contribution in [3.63, 3.8) is 0 Å². The normalized spacial score (nSPS) is 10.0. The third-order valence-corrected chi connectivity index (χ3v) is 2.05. The fraction of sp³-hybridized carbons (Fsp3) is 0. The van der Waals surface area contributed by atoms with Crippen LogP contribution in [0.1, 0.15) is 10.5 Å². The zero-order valence-corrected chi connectivity index (χ0v) is 8.28. The number of aromatic nitrogens is 2. The van der Waals surface area contributed by atoms with E-state index in [0.717, 1.165) is 0 Å². The zero-order chi connectivity index (χ0) is 11.5. The van der Waals surface area contributed by atoms with Crippen LogP contribution >= 0.6 is 0 Å². The van der Waals surface area contributed by atoms with E-state index in [1.54, 1.807) is 24.3 Å². The SMILES string of the molecule is Nc1ccccc1NC(=O)c1c[nH]c(=O)[nH]1. The van der Waals surface area contributed by atoms with Gasteiger partial charge >= 0.3 is 5.69 Å². The maximum atomic E-state index is 11.6. The number of nitrogens with one attached hydrogen (secondary N) is 3. The predicted molar refractivity (Wildman–Crippen MR) is 60.2 cm³/mol. The van der Waals surface area contributed by atoms with Gasteiger partial charge in [0, 0.05) is 6.20 Å². The molecule has 0 bridgehead atoms. The second-order valence-electron chi connectivity index (χ2n) is 3.20. The lowest BCUT2D eigenvalue weighted by molar-refractivity contribution is 0.102. The summed E-state index contributed by atoms with van der Waals surface area (Å²) in [4.78, 5) is 27.1. The van der Waals surface area contributed by atoms with Gasteiger partial charge in [-0.05, 0) is 12.1 Å². The Morgan fingerprint density at radius 1 is 1.31 bits per heavy atom. The average molecular weight is 218 g/mol. The van der Waals surface area contributed by atoms with E-state index in [9.17, 15) is 9.59 Å². The Morgan fingerprint density at radius 2 is 2.06 bits per heavy atom. The van der Waals surface area contributed by atoms with Gasteiger partial charge in [0.1, 0.15) is 5.69 Å². The Balaban J connectivity index is 2.20. The highest BCUT2D eigenvalue weighted by Crippen LogP contribution is 2.16. The van der Waals surface area contributed by atoms with Crippen molar-refractivity contribution in [3.8, 4) is 0 Å². The zero-order valence-electron chi connectivity index (χ0n) is 8.28. The molecule has 16 heavy (non-hydrogen) atoms. The van der Waals surface area contributed by atoms with Crippen molar-refractivity contribution in [1.82, 2.24) is 9.97 Å². The van der Waals surface area contributed by atoms with Crippen molar-refractivity contribution in [2.75, 3.05) is 11.1 Å². The van der Waals surface area contributed by atoms with Gasteiger partial charge in [-0.25, -0.2) is 4.79 Å². The highest BCUT2D eigenvalue weighted by Gasteiger charge is 2.09. The van der Waals surface area contributed by atoms with Gasteiger partial charge in [0.25, 0.3) is 5.91 Å². The van der Waals surface area contributed by atoms with E-state index >= 15 is 0 Å². The number of amides is 1. The summed E-state index contributed by atoms with van der Waals surface area (Å²) in [5.74, 6) is -0.420. The van der Waals surface area contributed by atoms with Gasteiger partial charge in [-0.15, -0.1) is 0 Å². The van der Waals surface area contributed by atoms with Crippen molar-refractivity contribution in [3.05, 3.63) is 46.6 Å². The fourth-order valence-electron chi connectivity index (χ4n) is 1.26. The number of H-pyrrole nitrogens is 2. The molecule has 1 aromatic heterocycles. The van der Waals surface area contributed by atoms with Crippen LogP contribution in [-0.2, 0) is 0 Å². The first kappa shape index (κ1) is 10.0. The van der Waals surface area contributed by atoms with Crippen LogP contribution in [0.25, 0.3) is 0 Å². The second-order valence-corrected chi connectivity index (χ2v) is 3.20. The molecule has 2 aromatic rings. The van der Waals surface area contributed by atoms with Gasteiger partial charge in [-0.2, -0.15) is 0 Å². The molecule has 1 amide bonds. The molecule has 6 heteroatoms. The first-order chi connectivity index (χ1) is 7.66. The number of para-hydroxylation sites is 2. The van der Waals surface area contributed by atoms with Crippen LogP contribution < -0.4 is 16.7 Å². The van der Waals surface area contributed by atoms with Crippen molar-refractivity contribution in [1.29, 1.82) is 0 Å². The molecule has 0 aliphatic rings. The molecule has 1 aromatic carbocycles. The largest absolute Gasteiger partial charge is 0.397 e. The number of nitrogens with two attached hydrogens (primary N) is 1. The maximum absolute atomic E-state index is 11.6. The van der Waals surface area contributed by atoms with Crippen molar-refractivity contribution in [2.45, 2.75) is 0 Å². The van der Waals surface area contributed by atoms with E-state index in [1.165, 1.54) is 6.20 Å². The number of hydrogen-bond donors (Lipinski definition) is 4. The van der Waals surface area contributed by atoms with Gasteiger partial charge in [0.15, 0.2) is 0 Å². The standard InChI is InChI=1S/C10H10N4O2/c11-6-3-1-2-4-7(6)13-9(15)8-5-12-10(16)14-8/h1-5H,11H2,(H,13,15)(H2,12,14,16). The predicted octanol–water partition coefficient (Wildman–Crippen LogP) is 0.537. The molecule has 5 N–H and O–H groups in total. The van der Waals surface area contributed by atoms with Gasteiger partial charge < -0.3 is 21.0 Å². The number of carbonyl (C=O) groups excluding carboxylic acids is 1. The maximum Gasteiger partial charge on any atom is 0.323 e. The summed E-state index contributed by atoms with van der Waals surface area (Å²) < 4.78 is 0. The first-order valence-corrected chi connectivity index (χ1v) is 4.60. The number of aromatic amines is 2. The number of benzene rings is 1. The van der Waals surface area contributed by atoms with Crippen LogP contribution in [0.5, 0.6) is 0 Å². The minimum atomic E-state index is -0.425. The minimum absolute atomic E-state index is 0.160. The summed E-state index contributed by atoms with van der Waals surface area (Å²) >= 11 is 0. The molecule has 6 nitrogen and oxygen atoms in total. The van der Waals surface area contributed by atoms with Gasteiger partial charge in [-0.3, -0.25) is 4.79 Å². The van der Waals surface area contributed by atoms with E-state index in [-0.39, 0.29) is 5.69 Å². The van der Waals surface area contributed by atoms with E-state index in [0.29, 0.717) is 11.4 Å². The first-order valence-electron chi connectivity index (χ1n) is 4.60. The number of nitrogen functional groups attached to an aromatic ring is 1. The highest BCUT2D eigenvalue weighted by molar-refractivity contribution is 6.04. The molecule has 0 unspecified atom stereocenters. The van der Waals surface area contributed by atoms with E-state index < -0.39 is 11.6 Å². The number of imidazole rings is 1. The van der Waals surface area contributed by atoms with Crippen molar-refractivity contribution < 1.29 is 4.79 Å². The molecule has 0 aliphatic heterocycles. The monoisotopic (exact) mass is 218 g/mol. The summed E-state index contributed by atoms with van der Waals surface area (Å²) in [7, 11) is 0. The van der Waals surface area contributed by atoms with Crippen LogP contribution in [0, 0.1) is 0 Å². The third kappa shape index (κ3) is 1.95. The second kappa shape index (κ2) is 3.93. The summed E-state index contributed by atoms with van der Waals surface area (Å²) in [6.07, 6.45) is 1.30. The van der Waals surface area contributed by atoms with Gasteiger partial charge in [-0.1, -0.05) is 12.1 Å². The smallest absolute Gasteiger partial charge is 0.323 e. The molecule has 0 saturated carbocycles. The Hall–Kier alpha value is -2.50. The molecule has 0 fully saturated rings. The molecule has 1 heterocycles. The summed E-state index contributed by atoms with van der Waals surface area (Å²) in [5.41, 5.74) is 6.37. The Bertz CT molecular complexity index is 570. The summed E-state index contributed by atoms with van der Waals surface area (Å²) in [6.45, 7) is 0. The van der Waals surface area contributed by atoms with Gasteiger partial charge in [0.05, 0.1) is 11.4 Å². The number of hydrogen-bond acceptors (Lipinski definition) is 3. The molecule has 0 saturated heterocycles. The summed E-state index contributed by atoms with van der Waals surface area (Å²) in [6, 6.07) is 6.88. The van der Waals surface area contributed by atoms with E-state index in [4.69, 9.17) is 5.73 Å². The molecule has 0 aliphatic carbocycles. The van der Waals surface area contributed by atoms with Crippen LogP contribution in [0.4, 0.5) is 11.4 Å². The number of carbonyl (C=O) groups is 1. The molecular weight excluding hydrogens is 208 g/mol. The molecule has 0 radical (unpaired) electrons. The van der Waals surface area contributed by atoms with Crippen molar-refractivity contribution in [2.24, 2.45) is 0 Å². The lowest BCUT2D eigenvalue weighted by Crippen LogP contribution is -2.14. The molecular formula is C10H10N4O2. The van der Waals surface area contributed by atoms with Crippen LogP contribution in [-0.4, -0.2) is 15.9 Å². The fourth-order valence-corrected chi connectivity index (χ4v) is 1.26.